The van der Waals surface area contributed by atoms with Gasteiger partial charge in [-0.15, -0.1) is 0 Å². The summed E-state index contributed by atoms with van der Waals surface area (Å²) in [6, 6.07) is 0. The van der Waals surface area contributed by atoms with Crippen LogP contribution in [0.5, 0.6) is 0 Å². The molecule has 4 aliphatic carbocycles. The predicted molar refractivity (Wildman–Crippen MR) is 79.5 cm³/mol. The largest absolute Gasteiger partial charge is 0.297 e. The smallest absolute Gasteiger partial charge is 0.206 e. The number of Topliss-reactive ketones (excluding diaryl/α,β-unsaturated/α-hetero) is 8. The highest BCUT2D eigenvalue weighted by atomic mass is 16.2. The van der Waals surface area contributed by atoms with Crippen LogP contribution in [0.4, 0.5) is 0 Å². The second kappa shape index (κ2) is 4.55. The van der Waals surface area contributed by atoms with Gasteiger partial charge in [0.2, 0.25) is 10.8 Å². The molecular weight excluding hydrogens is 344 g/mol. The minimum atomic E-state index is -2.23. The Kier molecular flexibility index (Phi) is 2.94. The third-order valence-corrected chi connectivity index (χ3v) is 6.52. The minimum Gasteiger partial charge on any atom is -0.297 e. The molecule has 0 unspecified atom stereocenters. The second-order valence-electron chi connectivity index (χ2n) is 7.44. The van der Waals surface area contributed by atoms with Crippen molar-refractivity contribution in [1.29, 1.82) is 0 Å². The van der Waals surface area contributed by atoms with Crippen molar-refractivity contribution in [3.8, 4) is 0 Å². The van der Waals surface area contributed by atoms with Crippen LogP contribution in [0.15, 0.2) is 0 Å². The van der Waals surface area contributed by atoms with E-state index in [1.807, 2.05) is 0 Å². The first-order chi connectivity index (χ1) is 12.1. The Hall–Kier alpha value is -2.64. The maximum atomic E-state index is 12.4. The van der Waals surface area contributed by atoms with Crippen LogP contribution < -0.4 is 0 Å². The number of hydrogen-bond acceptors (Lipinski definition) is 8. The maximum Gasteiger partial charge on any atom is 0.206 e. The van der Waals surface area contributed by atoms with Gasteiger partial charge in [0, 0.05) is 0 Å². The molecule has 4 aliphatic rings. The lowest BCUT2D eigenvalue weighted by Crippen LogP contribution is -2.79. The Morgan fingerprint density at radius 3 is 1.23 bits per heavy atom. The molecule has 0 atom stereocenters. The molecule has 26 heavy (non-hydrogen) atoms. The van der Waals surface area contributed by atoms with Gasteiger partial charge in [0.1, 0.15) is 0 Å². The first kappa shape index (κ1) is 16.8. The van der Waals surface area contributed by atoms with Crippen LogP contribution in [-0.4, -0.2) is 46.3 Å². The van der Waals surface area contributed by atoms with Crippen molar-refractivity contribution in [2.45, 2.75) is 26.7 Å². The molecule has 8 heteroatoms. The first-order valence-electron chi connectivity index (χ1n) is 8.45. The second-order valence-corrected chi connectivity index (χ2v) is 7.44. The molecule has 0 amide bonds. The number of carbonyl (C=O) groups excluding carboxylic acids is 8. The van der Waals surface area contributed by atoms with Gasteiger partial charge in [-0.2, -0.15) is 0 Å². The lowest BCUT2D eigenvalue weighted by Gasteiger charge is -2.53. The van der Waals surface area contributed by atoms with E-state index in [1.54, 1.807) is 6.92 Å². The Morgan fingerprint density at radius 2 is 0.885 bits per heavy atom. The summed E-state index contributed by atoms with van der Waals surface area (Å²) in [6.45, 7) is 2.90. The van der Waals surface area contributed by atoms with E-state index in [9.17, 15) is 38.4 Å². The van der Waals surface area contributed by atoms with Crippen LogP contribution in [0, 0.1) is 34.5 Å². The van der Waals surface area contributed by atoms with Gasteiger partial charge in [0.25, 0.3) is 0 Å². The molecule has 0 aromatic carbocycles. The van der Waals surface area contributed by atoms with Gasteiger partial charge in [-0.3, -0.25) is 38.4 Å². The van der Waals surface area contributed by atoms with Crippen molar-refractivity contribution in [2.75, 3.05) is 0 Å². The topological polar surface area (TPSA) is 137 Å². The van der Waals surface area contributed by atoms with Gasteiger partial charge in [-0.05, 0) is 19.8 Å². The normalized spacial score (nSPS) is 44.2. The fourth-order valence-electron chi connectivity index (χ4n) is 4.87. The Bertz CT molecular complexity index is 838. The Balaban J connectivity index is 1.52. The molecule has 0 aromatic rings. The third-order valence-electron chi connectivity index (χ3n) is 6.52. The third kappa shape index (κ3) is 1.27. The van der Waals surface area contributed by atoms with E-state index >= 15 is 0 Å². The zero-order valence-corrected chi connectivity index (χ0v) is 14.0. The standard InChI is InChI=1S/C18H14O8/c1-3-6-11(21)18(12(6)22)15(25)8(16(18)26)4-7-13(23)17(14(7)24)9(19)5(2)10(17)20/h5-8H,3-4H2,1-2H3. The molecule has 2 spiro atoms. The van der Waals surface area contributed by atoms with E-state index in [2.05, 4.69) is 0 Å². The van der Waals surface area contributed by atoms with Crippen LogP contribution in [0.3, 0.4) is 0 Å². The average Bonchev–Trinajstić information content (AvgIpc) is 2.62. The van der Waals surface area contributed by atoms with Gasteiger partial charge >= 0.3 is 0 Å². The zero-order valence-electron chi connectivity index (χ0n) is 14.0. The zero-order chi connectivity index (χ0) is 19.3. The molecule has 0 saturated heterocycles. The summed E-state index contributed by atoms with van der Waals surface area (Å²) in [5, 5.41) is 0. The van der Waals surface area contributed by atoms with Crippen molar-refractivity contribution >= 4 is 46.3 Å². The summed E-state index contributed by atoms with van der Waals surface area (Å²) in [5.41, 5.74) is -4.46. The van der Waals surface area contributed by atoms with E-state index in [0.717, 1.165) is 0 Å². The lowest BCUT2D eigenvalue weighted by atomic mass is 9.40. The molecule has 8 nitrogen and oxygen atoms in total. The van der Waals surface area contributed by atoms with Gasteiger partial charge < -0.3 is 0 Å². The number of ketones is 8. The molecule has 0 aliphatic heterocycles. The fourth-order valence-corrected chi connectivity index (χ4v) is 4.87. The van der Waals surface area contributed by atoms with Crippen molar-refractivity contribution in [1.82, 2.24) is 0 Å². The Labute approximate surface area is 146 Å². The summed E-state index contributed by atoms with van der Waals surface area (Å²) in [4.78, 5) is 97.1. The highest BCUT2D eigenvalue weighted by Crippen LogP contribution is 2.56. The summed E-state index contributed by atoms with van der Waals surface area (Å²) in [7, 11) is 0. The van der Waals surface area contributed by atoms with Crippen molar-refractivity contribution < 1.29 is 38.4 Å². The number of hydrogen-bond donors (Lipinski definition) is 0. The predicted octanol–water partition coefficient (Wildman–Crippen LogP) is -1.15. The Morgan fingerprint density at radius 1 is 0.577 bits per heavy atom. The van der Waals surface area contributed by atoms with Gasteiger partial charge in [0.15, 0.2) is 46.3 Å². The van der Waals surface area contributed by atoms with Crippen molar-refractivity contribution in [3.63, 3.8) is 0 Å². The highest BCUT2D eigenvalue weighted by molar-refractivity contribution is 6.59. The molecule has 0 N–H and O–H groups in total. The number of carbonyl (C=O) groups is 8. The molecule has 0 aromatic heterocycles. The molecule has 4 saturated carbocycles. The van der Waals surface area contributed by atoms with Crippen LogP contribution in [-0.2, 0) is 38.4 Å². The summed E-state index contributed by atoms with van der Waals surface area (Å²) in [6.07, 6.45) is -0.277. The van der Waals surface area contributed by atoms with E-state index < -0.39 is 87.2 Å². The molecular formula is C18H14O8. The van der Waals surface area contributed by atoms with Crippen LogP contribution in [0.25, 0.3) is 0 Å². The van der Waals surface area contributed by atoms with E-state index in [1.165, 1.54) is 6.92 Å². The van der Waals surface area contributed by atoms with Crippen LogP contribution in [0.2, 0.25) is 0 Å². The molecule has 4 fully saturated rings. The van der Waals surface area contributed by atoms with Crippen molar-refractivity contribution in [3.05, 3.63) is 0 Å². The van der Waals surface area contributed by atoms with Crippen LogP contribution >= 0.6 is 0 Å². The van der Waals surface area contributed by atoms with Gasteiger partial charge in [-0.1, -0.05) is 6.92 Å². The fraction of sp³-hybridized carbons (Fsp3) is 0.556. The first-order valence-corrected chi connectivity index (χ1v) is 8.45. The number of rotatable bonds is 3. The maximum absolute atomic E-state index is 12.4. The molecule has 0 heterocycles. The average molecular weight is 358 g/mol. The lowest BCUT2D eigenvalue weighted by molar-refractivity contribution is -0.181. The quantitative estimate of drug-likeness (QED) is 0.577. The monoisotopic (exact) mass is 358 g/mol. The minimum absolute atomic E-state index is 0.204. The molecule has 0 bridgehead atoms. The van der Waals surface area contributed by atoms with Gasteiger partial charge in [-0.25, -0.2) is 0 Å². The van der Waals surface area contributed by atoms with E-state index in [-0.39, 0.29) is 6.42 Å². The summed E-state index contributed by atoms with van der Waals surface area (Å²) in [5.74, 6) is -11.2. The molecule has 4 rings (SSSR count). The summed E-state index contributed by atoms with van der Waals surface area (Å²) < 4.78 is 0. The van der Waals surface area contributed by atoms with E-state index in [4.69, 9.17) is 0 Å². The summed E-state index contributed by atoms with van der Waals surface area (Å²) >= 11 is 0. The highest BCUT2D eigenvalue weighted by Gasteiger charge is 2.82. The SMILES string of the molecule is CCC1C(=O)C2(C1=O)C(=O)C(CC1C(=O)C3(C(=O)C(C)C3=O)C1=O)C2=O. The molecule has 134 valence electrons. The van der Waals surface area contributed by atoms with E-state index in [0.29, 0.717) is 0 Å². The van der Waals surface area contributed by atoms with Gasteiger partial charge in [0.05, 0.1) is 23.7 Å². The van der Waals surface area contributed by atoms with Crippen molar-refractivity contribution in [2.24, 2.45) is 34.5 Å². The molecule has 0 radical (unpaired) electrons. The van der Waals surface area contributed by atoms with Crippen LogP contribution in [0.1, 0.15) is 26.7 Å².